The minimum atomic E-state index is -0.899. The molecule has 11 nitrogen and oxygen atoms in total. The molecule has 4 rings (SSSR count). The second kappa shape index (κ2) is 8.88. The van der Waals surface area contributed by atoms with Crippen molar-refractivity contribution < 1.29 is 24.5 Å². The molecule has 0 unspecified atom stereocenters. The number of benzene rings is 2. The van der Waals surface area contributed by atoms with Crippen LogP contribution in [0.15, 0.2) is 42.7 Å². The lowest BCUT2D eigenvalue weighted by molar-refractivity contribution is 0.102. The zero-order valence-corrected chi connectivity index (χ0v) is 17.1. The number of hydrogen-bond donors (Lipinski definition) is 8. The number of nitrogens with one attached hydrogen (secondary N) is 4. The van der Waals surface area contributed by atoms with Gasteiger partial charge in [-0.3, -0.25) is 4.79 Å². The maximum atomic E-state index is 14.3. The molecule has 12 heteroatoms. The molecule has 0 aliphatic heterocycles. The van der Waals surface area contributed by atoms with Gasteiger partial charge in [-0.25, -0.2) is 9.37 Å². The molecule has 0 spiro atoms. The number of phenolic OH excluding ortho intramolecular Hbond substituents is 3. The van der Waals surface area contributed by atoms with Gasteiger partial charge >= 0.3 is 0 Å². The van der Waals surface area contributed by atoms with Gasteiger partial charge in [-0.2, -0.15) is 4.98 Å². The van der Waals surface area contributed by atoms with E-state index < -0.39 is 34.8 Å². The van der Waals surface area contributed by atoms with Crippen molar-refractivity contribution in [3.63, 3.8) is 0 Å². The van der Waals surface area contributed by atoms with Gasteiger partial charge in [-0.1, -0.05) is 0 Å². The van der Waals surface area contributed by atoms with Crippen molar-refractivity contribution in [1.82, 2.24) is 15.0 Å². The molecule has 0 saturated heterocycles. The van der Waals surface area contributed by atoms with Gasteiger partial charge in [0.05, 0.1) is 17.4 Å². The van der Waals surface area contributed by atoms with Crippen LogP contribution in [0.1, 0.15) is 10.4 Å². The molecule has 0 aliphatic rings. The minimum Gasteiger partial charge on any atom is -0.504 e. The lowest BCUT2D eigenvalue weighted by atomic mass is 10.1. The van der Waals surface area contributed by atoms with E-state index in [9.17, 15) is 24.5 Å². The fourth-order valence-electron chi connectivity index (χ4n) is 3.14. The van der Waals surface area contributed by atoms with Crippen LogP contribution < -0.4 is 21.7 Å². The lowest BCUT2D eigenvalue weighted by Crippen LogP contribution is -2.15. The normalized spacial score (nSPS) is 10.8. The Morgan fingerprint density at radius 2 is 1.91 bits per heavy atom. The van der Waals surface area contributed by atoms with Gasteiger partial charge in [0.2, 0.25) is 5.95 Å². The van der Waals surface area contributed by atoms with Crippen LogP contribution in [0.3, 0.4) is 0 Å². The number of nitrogens with zero attached hydrogens (tertiary/aromatic N) is 2. The number of nitrogens with two attached hydrogens (primary N) is 1. The molecule has 2 heterocycles. The summed E-state index contributed by atoms with van der Waals surface area (Å²) in [5.41, 5.74) is 7.51. The number of phenols is 3. The van der Waals surface area contributed by atoms with Crippen molar-refractivity contribution in [2.75, 3.05) is 29.0 Å². The van der Waals surface area contributed by atoms with Gasteiger partial charge in [-0.15, -0.1) is 0 Å². The Kier molecular flexibility index (Phi) is 5.83. The molecule has 170 valence electrons. The van der Waals surface area contributed by atoms with E-state index in [2.05, 4.69) is 30.9 Å². The molecular weight excluding hydrogens is 433 g/mol. The van der Waals surface area contributed by atoms with E-state index in [4.69, 9.17) is 5.73 Å². The van der Waals surface area contributed by atoms with Crippen molar-refractivity contribution in [3.05, 3.63) is 54.1 Å². The van der Waals surface area contributed by atoms with Crippen molar-refractivity contribution >= 4 is 40.0 Å². The van der Waals surface area contributed by atoms with Crippen LogP contribution >= 0.6 is 0 Å². The Labute approximate surface area is 186 Å². The molecule has 0 aliphatic carbocycles. The van der Waals surface area contributed by atoms with Gasteiger partial charge in [-0.05, 0) is 30.3 Å². The number of carbonyl (C=O) groups is 1. The van der Waals surface area contributed by atoms with Gasteiger partial charge in [0.15, 0.2) is 28.9 Å². The first-order valence-electron chi connectivity index (χ1n) is 9.76. The largest absolute Gasteiger partial charge is 0.504 e. The fourth-order valence-corrected chi connectivity index (χ4v) is 3.14. The van der Waals surface area contributed by atoms with Crippen molar-refractivity contribution in [3.8, 4) is 17.2 Å². The summed E-state index contributed by atoms with van der Waals surface area (Å²) in [5.74, 6) is -4.37. The second-order valence-electron chi connectivity index (χ2n) is 7.01. The Bertz CT molecular complexity index is 1320. The predicted octanol–water partition coefficient (Wildman–Crippen LogP) is 2.58. The second-order valence-corrected chi connectivity index (χ2v) is 7.01. The number of anilines is 4. The summed E-state index contributed by atoms with van der Waals surface area (Å²) >= 11 is 0. The van der Waals surface area contributed by atoms with E-state index in [1.54, 1.807) is 6.20 Å². The van der Waals surface area contributed by atoms with Gasteiger partial charge in [0.25, 0.3) is 5.91 Å². The number of fused-ring (bicyclic) bond motifs is 1. The number of rotatable bonds is 7. The minimum absolute atomic E-state index is 0.00924. The van der Waals surface area contributed by atoms with Crippen LogP contribution in [0, 0.1) is 5.82 Å². The summed E-state index contributed by atoms with van der Waals surface area (Å²) in [5, 5.41) is 37.9. The average molecular weight is 453 g/mol. The van der Waals surface area contributed by atoms with Gasteiger partial charge < -0.3 is 42.0 Å². The first kappa shape index (κ1) is 21.6. The number of hydrogen-bond acceptors (Lipinski definition) is 9. The highest BCUT2D eigenvalue weighted by Gasteiger charge is 2.17. The van der Waals surface area contributed by atoms with Crippen LogP contribution in [0.25, 0.3) is 10.9 Å². The van der Waals surface area contributed by atoms with Crippen LogP contribution in [0.5, 0.6) is 17.2 Å². The molecule has 0 radical (unpaired) electrons. The molecule has 9 N–H and O–H groups in total. The number of carbonyl (C=O) groups excluding carboxylic acids is 1. The van der Waals surface area contributed by atoms with Gasteiger partial charge in [0.1, 0.15) is 0 Å². The van der Waals surface area contributed by atoms with E-state index >= 15 is 0 Å². The summed E-state index contributed by atoms with van der Waals surface area (Å²) in [4.78, 5) is 23.5. The smallest absolute Gasteiger partial charge is 0.257 e. The molecular formula is C21H20FN7O4. The first-order chi connectivity index (χ1) is 15.9. The maximum absolute atomic E-state index is 14.3. The van der Waals surface area contributed by atoms with Crippen molar-refractivity contribution in [2.24, 2.45) is 5.73 Å². The third kappa shape index (κ3) is 4.55. The van der Waals surface area contributed by atoms with Crippen LogP contribution in [-0.2, 0) is 0 Å². The maximum Gasteiger partial charge on any atom is 0.257 e. The third-order valence-corrected chi connectivity index (χ3v) is 4.69. The molecule has 2 aromatic carbocycles. The van der Waals surface area contributed by atoms with Gasteiger partial charge in [0, 0.05) is 35.9 Å². The Hall–Kier alpha value is -4.58. The molecule has 4 aromatic rings. The zero-order valence-electron chi connectivity index (χ0n) is 17.1. The Morgan fingerprint density at radius 3 is 2.64 bits per heavy atom. The lowest BCUT2D eigenvalue weighted by Gasteiger charge is -2.12. The highest BCUT2D eigenvalue weighted by Crippen LogP contribution is 2.35. The Morgan fingerprint density at radius 1 is 1.15 bits per heavy atom. The van der Waals surface area contributed by atoms with Crippen LogP contribution in [0.4, 0.5) is 27.5 Å². The monoisotopic (exact) mass is 453 g/mol. The number of aromatic hydroxyl groups is 3. The molecule has 0 atom stereocenters. The summed E-state index contributed by atoms with van der Waals surface area (Å²) in [6, 6.07) is 7.47. The van der Waals surface area contributed by atoms with E-state index in [-0.39, 0.29) is 11.5 Å². The third-order valence-electron chi connectivity index (χ3n) is 4.69. The number of halogens is 1. The molecule has 33 heavy (non-hydrogen) atoms. The number of amides is 1. The first-order valence-corrected chi connectivity index (χ1v) is 9.76. The van der Waals surface area contributed by atoms with E-state index in [1.807, 2.05) is 18.2 Å². The van der Waals surface area contributed by atoms with E-state index in [0.717, 1.165) is 34.9 Å². The highest BCUT2D eigenvalue weighted by molar-refractivity contribution is 6.04. The van der Waals surface area contributed by atoms with Crippen molar-refractivity contribution in [2.45, 2.75) is 0 Å². The van der Waals surface area contributed by atoms with Crippen LogP contribution in [0.2, 0.25) is 0 Å². The summed E-state index contributed by atoms with van der Waals surface area (Å²) in [7, 11) is 0. The summed E-state index contributed by atoms with van der Waals surface area (Å²) in [6.07, 6.45) is 2.65. The molecule has 2 aromatic heterocycles. The predicted molar refractivity (Wildman–Crippen MR) is 121 cm³/mol. The number of aromatic amines is 1. The fraction of sp³-hybridized carbons (Fsp3) is 0.0952. The SMILES string of the molecule is NCCNc1cc(Nc2ncc(F)c(NC(=O)c3cc(O)c(O)c(O)c3)n2)c2[nH]ccc2c1. The summed E-state index contributed by atoms with van der Waals surface area (Å²) in [6.45, 7) is 1.02. The van der Waals surface area contributed by atoms with Crippen LogP contribution in [-0.4, -0.2) is 49.3 Å². The average Bonchev–Trinajstić information content (AvgIpc) is 3.27. The molecule has 0 bridgehead atoms. The van der Waals surface area contributed by atoms with E-state index in [0.29, 0.717) is 18.8 Å². The molecule has 0 saturated carbocycles. The molecule has 0 fully saturated rings. The topological polar surface area (TPSA) is 181 Å². The quantitative estimate of drug-likeness (QED) is 0.195. The molecule has 1 amide bonds. The highest BCUT2D eigenvalue weighted by atomic mass is 19.1. The Balaban J connectivity index is 1.60. The standard InChI is InChI=1S/C21H20FN7O4/c22-13-9-26-21(27-14-8-12(24-4-2-23)5-10-1-3-25-17(10)14)29-19(13)28-20(33)11-6-15(30)18(32)16(31)7-11/h1,3,5-9,24-25,30-32H,2,4,23H2,(H2,26,27,28,29,33). The number of H-pyrrole nitrogens is 1. The number of aromatic nitrogens is 3. The summed E-state index contributed by atoms with van der Waals surface area (Å²) < 4.78 is 14.3. The van der Waals surface area contributed by atoms with E-state index in [1.165, 1.54) is 0 Å². The van der Waals surface area contributed by atoms with Crippen molar-refractivity contribution in [1.29, 1.82) is 0 Å². The zero-order chi connectivity index (χ0) is 23.5.